The lowest BCUT2D eigenvalue weighted by molar-refractivity contribution is 0.0547. The molecular weight excluding hydrogens is 182 g/mol. The van der Waals surface area contributed by atoms with E-state index in [9.17, 15) is 0 Å². The molecular formula is C14H29N. The first kappa shape index (κ1) is 13.0. The standard InChI is InChI=1S/C14H29N/c1-10(2)12-9-15(11(3)4)14(7,8)13(12,5)6/h10-12H,9H2,1-8H3. The van der Waals surface area contributed by atoms with Crippen LogP contribution in [0.1, 0.15) is 55.4 Å². The zero-order chi connectivity index (χ0) is 12.0. The van der Waals surface area contributed by atoms with Gasteiger partial charge in [0.25, 0.3) is 0 Å². The maximum absolute atomic E-state index is 2.68. The van der Waals surface area contributed by atoms with Gasteiger partial charge in [0, 0.05) is 18.1 Å². The number of hydrogen-bond donors (Lipinski definition) is 0. The van der Waals surface area contributed by atoms with Gasteiger partial charge < -0.3 is 0 Å². The molecule has 90 valence electrons. The molecule has 0 saturated carbocycles. The molecule has 1 rings (SSSR count). The Morgan fingerprint density at radius 2 is 1.47 bits per heavy atom. The average Bonchev–Trinajstić information content (AvgIpc) is 2.19. The minimum Gasteiger partial charge on any atom is -0.295 e. The molecule has 1 heterocycles. The summed E-state index contributed by atoms with van der Waals surface area (Å²) in [5.74, 6) is 1.60. The number of nitrogens with zero attached hydrogens (tertiary/aromatic N) is 1. The second-order valence-corrected chi connectivity index (χ2v) is 6.88. The quantitative estimate of drug-likeness (QED) is 0.672. The summed E-state index contributed by atoms with van der Waals surface area (Å²) in [5, 5.41) is 0. The highest BCUT2D eigenvalue weighted by Crippen LogP contribution is 2.51. The van der Waals surface area contributed by atoms with Gasteiger partial charge in [0.15, 0.2) is 0 Å². The van der Waals surface area contributed by atoms with Crippen molar-refractivity contribution < 1.29 is 0 Å². The van der Waals surface area contributed by atoms with E-state index in [0.29, 0.717) is 17.0 Å². The summed E-state index contributed by atoms with van der Waals surface area (Å²) in [5.41, 5.74) is 0.724. The maximum atomic E-state index is 2.68. The summed E-state index contributed by atoms with van der Waals surface area (Å²) >= 11 is 0. The van der Waals surface area contributed by atoms with Crippen molar-refractivity contribution in [3.8, 4) is 0 Å². The molecule has 1 atom stereocenters. The first-order chi connectivity index (χ1) is 6.62. The van der Waals surface area contributed by atoms with Crippen molar-refractivity contribution in [2.24, 2.45) is 17.3 Å². The second-order valence-electron chi connectivity index (χ2n) is 6.88. The molecule has 1 aliphatic rings. The highest BCUT2D eigenvalue weighted by atomic mass is 15.3. The molecule has 1 heteroatoms. The third kappa shape index (κ3) is 1.84. The van der Waals surface area contributed by atoms with Crippen LogP contribution in [-0.4, -0.2) is 23.0 Å². The minimum atomic E-state index is 0.316. The van der Waals surface area contributed by atoms with Crippen LogP contribution in [0.2, 0.25) is 0 Å². The Balaban J connectivity index is 3.04. The lowest BCUT2D eigenvalue weighted by Gasteiger charge is -2.44. The highest BCUT2D eigenvalue weighted by molar-refractivity contribution is 5.07. The lowest BCUT2D eigenvalue weighted by atomic mass is 9.66. The average molecular weight is 211 g/mol. The van der Waals surface area contributed by atoms with Crippen molar-refractivity contribution in [2.45, 2.75) is 67.0 Å². The molecule has 0 aliphatic carbocycles. The summed E-state index contributed by atoms with van der Waals surface area (Å²) in [6, 6.07) is 0.656. The zero-order valence-electron chi connectivity index (χ0n) is 11.9. The number of hydrogen-bond acceptors (Lipinski definition) is 1. The van der Waals surface area contributed by atoms with Gasteiger partial charge in [-0.1, -0.05) is 27.7 Å². The van der Waals surface area contributed by atoms with Gasteiger partial charge in [-0.05, 0) is 44.9 Å². The topological polar surface area (TPSA) is 3.24 Å². The molecule has 0 radical (unpaired) electrons. The molecule has 1 fully saturated rings. The molecule has 0 aromatic rings. The maximum Gasteiger partial charge on any atom is 0.0210 e. The van der Waals surface area contributed by atoms with Crippen molar-refractivity contribution in [3.63, 3.8) is 0 Å². The SMILES string of the molecule is CC(C)C1CN(C(C)C)C(C)(C)C1(C)C. The molecule has 0 aromatic carbocycles. The zero-order valence-corrected chi connectivity index (χ0v) is 11.9. The Bertz CT molecular complexity index is 201. The monoisotopic (exact) mass is 211 g/mol. The molecule has 1 aliphatic heterocycles. The van der Waals surface area contributed by atoms with Crippen LogP contribution < -0.4 is 0 Å². The van der Waals surface area contributed by atoms with Gasteiger partial charge in [0.05, 0.1) is 0 Å². The van der Waals surface area contributed by atoms with E-state index in [1.165, 1.54) is 6.54 Å². The summed E-state index contributed by atoms with van der Waals surface area (Å²) in [7, 11) is 0. The fourth-order valence-corrected chi connectivity index (χ4v) is 3.39. The predicted octanol–water partition coefficient (Wildman–Crippen LogP) is 3.79. The molecule has 15 heavy (non-hydrogen) atoms. The fraction of sp³-hybridized carbons (Fsp3) is 1.00. The van der Waals surface area contributed by atoms with Crippen molar-refractivity contribution in [2.75, 3.05) is 6.54 Å². The first-order valence-electron chi connectivity index (χ1n) is 6.39. The third-order valence-corrected chi connectivity index (χ3v) is 5.04. The van der Waals surface area contributed by atoms with Gasteiger partial charge in [-0.25, -0.2) is 0 Å². The number of rotatable bonds is 2. The predicted molar refractivity (Wildman–Crippen MR) is 68.0 cm³/mol. The smallest absolute Gasteiger partial charge is 0.0210 e. The summed E-state index contributed by atoms with van der Waals surface area (Å²) < 4.78 is 0. The lowest BCUT2D eigenvalue weighted by Crippen LogP contribution is -2.50. The van der Waals surface area contributed by atoms with E-state index in [1.807, 2.05) is 0 Å². The number of likely N-dealkylation sites (tertiary alicyclic amines) is 1. The van der Waals surface area contributed by atoms with E-state index in [1.54, 1.807) is 0 Å². The minimum absolute atomic E-state index is 0.316. The van der Waals surface area contributed by atoms with Gasteiger partial charge in [0.2, 0.25) is 0 Å². The molecule has 1 saturated heterocycles. The van der Waals surface area contributed by atoms with Crippen LogP contribution in [0.25, 0.3) is 0 Å². The van der Waals surface area contributed by atoms with Gasteiger partial charge >= 0.3 is 0 Å². The Morgan fingerprint density at radius 1 is 1.00 bits per heavy atom. The van der Waals surface area contributed by atoms with E-state index in [4.69, 9.17) is 0 Å². The highest BCUT2D eigenvalue weighted by Gasteiger charge is 2.54. The Labute approximate surface area is 96.2 Å². The van der Waals surface area contributed by atoms with Gasteiger partial charge in [0.1, 0.15) is 0 Å². The largest absolute Gasteiger partial charge is 0.295 e. The first-order valence-corrected chi connectivity index (χ1v) is 6.39. The van der Waals surface area contributed by atoms with E-state index in [2.05, 4.69) is 60.3 Å². The summed E-state index contributed by atoms with van der Waals surface area (Å²) in [4.78, 5) is 2.68. The van der Waals surface area contributed by atoms with Gasteiger partial charge in [-0.2, -0.15) is 0 Å². The van der Waals surface area contributed by atoms with E-state index >= 15 is 0 Å². The van der Waals surface area contributed by atoms with Crippen molar-refractivity contribution in [1.29, 1.82) is 0 Å². The van der Waals surface area contributed by atoms with Crippen LogP contribution in [0.4, 0.5) is 0 Å². The van der Waals surface area contributed by atoms with E-state index in [0.717, 1.165) is 11.8 Å². The van der Waals surface area contributed by atoms with Crippen molar-refractivity contribution >= 4 is 0 Å². The second kappa shape index (κ2) is 3.76. The van der Waals surface area contributed by atoms with Crippen molar-refractivity contribution in [1.82, 2.24) is 4.90 Å². The normalized spacial score (nSPS) is 30.4. The molecule has 1 unspecified atom stereocenters. The molecule has 0 spiro atoms. The Hall–Kier alpha value is -0.0400. The van der Waals surface area contributed by atoms with Gasteiger partial charge in [-0.15, -0.1) is 0 Å². The van der Waals surface area contributed by atoms with Crippen molar-refractivity contribution in [3.05, 3.63) is 0 Å². The summed E-state index contributed by atoms with van der Waals surface area (Å²) in [6.45, 7) is 20.3. The van der Waals surface area contributed by atoms with Crippen LogP contribution in [-0.2, 0) is 0 Å². The van der Waals surface area contributed by atoms with E-state index < -0.39 is 0 Å². The van der Waals surface area contributed by atoms with Crippen LogP contribution in [0.3, 0.4) is 0 Å². The van der Waals surface area contributed by atoms with Crippen LogP contribution in [0.15, 0.2) is 0 Å². The molecule has 0 amide bonds. The third-order valence-electron chi connectivity index (χ3n) is 5.04. The molecule has 0 aromatic heterocycles. The molecule has 1 nitrogen and oxygen atoms in total. The van der Waals surface area contributed by atoms with Crippen LogP contribution in [0.5, 0.6) is 0 Å². The van der Waals surface area contributed by atoms with Gasteiger partial charge in [-0.3, -0.25) is 4.90 Å². The Morgan fingerprint density at radius 3 is 1.67 bits per heavy atom. The van der Waals surface area contributed by atoms with Crippen LogP contribution >= 0.6 is 0 Å². The molecule has 0 N–H and O–H groups in total. The van der Waals surface area contributed by atoms with Crippen LogP contribution in [0, 0.1) is 17.3 Å². The fourth-order valence-electron chi connectivity index (χ4n) is 3.39. The van der Waals surface area contributed by atoms with E-state index in [-0.39, 0.29) is 0 Å². The summed E-state index contributed by atoms with van der Waals surface area (Å²) in [6.07, 6.45) is 0. The Kier molecular flexibility index (Phi) is 3.27. The molecule has 0 bridgehead atoms.